The highest BCUT2D eigenvalue weighted by atomic mass is 16.6. The van der Waals surface area contributed by atoms with E-state index in [-0.39, 0.29) is 6.61 Å². The number of nitrogens with one attached hydrogen (secondary N) is 1. The summed E-state index contributed by atoms with van der Waals surface area (Å²) in [5.74, 6) is -1.24. The summed E-state index contributed by atoms with van der Waals surface area (Å²) in [6.45, 7) is 0.158. The first-order chi connectivity index (χ1) is 6.74. The van der Waals surface area contributed by atoms with Crippen LogP contribution in [-0.4, -0.2) is 19.0 Å². The van der Waals surface area contributed by atoms with Crippen LogP contribution in [0.2, 0.25) is 0 Å². The minimum atomic E-state index is -0.753. The summed E-state index contributed by atoms with van der Waals surface area (Å²) in [5.41, 5.74) is 0.879. The van der Waals surface area contributed by atoms with Crippen molar-refractivity contribution in [3.05, 3.63) is 35.9 Å². The molecule has 0 heterocycles. The van der Waals surface area contributed by atoms with Crippen LogP contribution in [0.3, 0.4) is 0 Å². The van der Waals surface area contributed by atoms with Gasteiger partial charge in [-0.15, -0.1) is 0 Å². The van der Waals surface area contributed by atoms with Crippen LogP contribution in [0.15, 0.2) is 30.3 Å². The number of methoxy groups -OCH3 is 1. The molecule has 0 aliphatic carbocycles. The number of ether oxygens (including phenoxy) is 2. The maximum absolute atomic E-state index is 11.0. The lowest BCUT2D eigenvalue weighted by molar-refractivity contribution is -0.138. The van der Waals surface area contributed by atoms with E-state index in [1.54, 1.807) is 0 Å². The van der Waals surface area contributed by atoms with Gasteiger partial charge in [0.15, 0.2) is 0 Å². The Kier molecular flexibility index (Phi) is 3.67. The molecular weight excluding hydrogens is 182 g/mol. The third kappa shape index (κ3) is 2.90. The Hall–Kier alpha value is -1.84. The number of hydrogen-bond acceptors (Lipinski definition) is 4. The minimum Gasteiger partial charge on any atom is -0.476 e. The van der Waals surface area contributed by atoms with Crippen LogP contribution in [0.5, 0.6) is 0 Å². The predicted octanol–water partition coefficient (Wildman–Crippen LogP) is 1.35. The molecule has 4 nitrogen and oxygen atoms in total. The standard InChI is InChI=1S/C10H11NO3/c1-13-9(11)10(12)14-7-8-5-3-2-4-6-8/h2-6,11H,7H2,1H3. The summed E-state index contributed by atoms with van der Waals surface area (Å²) in [4.78, 5) is 11.0. The van der Waals surface area contributed by atoms with Gasteiger partial charge in [-0.1, -0.05) is 30.3 Å². The van der Waals surface area contributed by atoms with Crippen molar-refractivity contribution in [3.8, 4) is 0 Å². The number of carbonyl (C=O) groups excluding carboxylic acids is 1. The highest BCUT2D eigenvalue weighted by Crippen LogP contribution is 2.00. The molecule has 1 N–H and O–H groups in total. The van der Waals surface area contributed by atoms with Gasteiger partial charge in [0.2, 0.25) is 0 Å². The van der Waals surface area contributed by atoms with Crippen molar-refractivity contribution in [2.24, 2.45) is 0 Å². The van der Waals surface area contributed by atoms with Crippen molar-refractivity contribution in [3.63, 3.8) is 0 Å². The molecule has 1 aromatic rings. The zero-order chi connectivity index (χ0) is 10.4. The molecule has 4 heteroatoms. The molecule has 74 valence electrons. The molecule has 14 heavy (non-hydrogen) atoms. The Morgan fingerprint density at radius 3 is 2.57 bits per heavy atom. The van der Waals surface area contributed by atoms with E-state index in [0.717, 1.165) is 5.56 Å². The second kappa shape index (κ2) is 5.01. The lowest BCUT2D eigenvalue weighted by atomic mass is 10.2. The molecule has 1 rings (SSSR count). The van der Waals surface area contributed by atoms with Crippen LogP contribution >= 0.6 is 0 Å². The van der Waals surface area contributed by atoms with Crippen LogP contribution in [0.4, 0.5) is 0 Å². The molecule has 0 atom stereocenters. The summed E-state index contributed by atoms with van der Waals surface area (Å²) in [7, 11) is 1.26. The van der Waals surface area contributed by atoms with Crippen LogP contribution in [-0.2, 0) is 20.9 Å². The average Bonchev–Trinajstić information content (AvgIpc) is 2.26. The van der Waals surface area contributed by atoms with Crippen molar-refractivity contribution in [2.75, 3.05) is 7.11 Å². The van der Waals surface area contributed by atoms with Gasteiger partial charge in [-0.3, -0.25) is 5.41 Å². The van der Waals surface area contributed by atoms with E-state index in [4.69, 9.17) is 10.1 Å². The Labute approximate surface area is 82.0 Å². The molecule has 0 aliphatic heterocycles. The summed E-state index contributed by atoms with van der Waals surface area (Å²) >= 11 is 0. The topological polar surface area (TPSA) is 59.4 Å². The normalized spacial score (nSPS) is 9.21. The van der Waals surface area contributed by atoms with Crippen molar-refractivity contribution in [1.29, 1.82) is 5.41 Å². The fourth-order valence-electron chi connectivity index (χ4n) is 0.872. The van der Waals surface area contributed by atoms with Crippen LogP contribution in [0.1, 0.15) is 5.56 Å². The second-order valence-electron chi connectivity index (χ2n) is 2.59. The van der Waals surface area contributed by atoms with Gasteiger partial charge in [0.1, 0.15) is 6.61 Å². The number of hydrogen-bond donors (Lipinski definition) is 1. The Bertz CT molecular complexity index is 321. The molecular formula is C10H11NO3. The number of benzene rings is 1. The molecule has 1 aromatic carbocycles. The van der Waals surface area contributed by atoms with Gasteiger partial charge in [-0.05, 0) is 5.56 Å². The first kappa shape index (κ1) is 10.2. The Balaban J connectivity index is 2.42. The lowest BCUT2D eigenvalue weighted by Crippen LogP contribution is -2.17. The highest BCUT2D eigenvalue weighted by molar-refractivity contribution is 6.31. The van der Waals surface area contributed by atoms with Crippen LogP contribution in [0.25, 0.3) is 0 Å². The first-order valence-corrected chi connectivity index (χ1v) is 4.07. The summed E-state index contributed by atoms with van der Waals surface area (Å²) in [5, 5.41) is 7.01. The summed E-state index contributed by atoms with van der Waals surface area (Å²) < 4.78 is 9.20. The number of carbonyl (C=O) groups is 1. The minimum absolute atomic E-state index is 0.158. The third-order valence-electron chi connectivity index (χ3n) is 1.60. The summed E-state index contributed by atoms with van der Waals surface area (Å²) in [6, 6.07) is 9.26. The third-order valence-corrected chi connectivity index (χ3v) is 1.60. The van der Waals surface area contributed by atoms with E-state index in [1.165, 1.54) is 7.11 Å². The van der Waals surface area contributed by atoms with Crippen molar-refractivity contribution in [2.45, 2.75) is 6.61 Å². The average molecular weight is 193 g/mol. The zero-order valence-corrected chi connectivity index (χ0v) is 7.82. The molecule has 0 aliphatic rings. The van der Waals surface area contributed by atoms with E-state index in [0.29, 0.717) is 0 Å². The molecule has 0 spiro atoms. The van der Waals surface area contributed by atoms with E-state index in [2.05, 4.69) is 4.74 Å². The van der Waals surface area contributed by atoms with Gasteiger partial charge in [0.25, 0.3) is 5.90 Å². The molecule has 0 aromatic heterocycles. The number of esters is 1. The van der Waals surface area contributed by atoms with Gasteiger partial charge in [0, 0.05) is 0 Å². The molecule has 0 amide bonds. The largest absolute Gasteiger partial charge is 0.476 e. The van der Waals surface area contributed by atoms with Crippen LogP contribution in [0, 0.1) is 5.41 Å². The highest BCUT2D eigenvalue weighted by Gasteiger charge is 2.10. The fourth-order valence-corrected chi connectivity index (χ4v) is 0.872. The first-order valence-electron chi connectivity index (χ1n) is 4.07. The molecule has 0 radical (unpaired) electrons. The monoisotopic (exact) mass is 193 g/mol. The quantitative estimate of drug-likeness (QED) is 0.438. The van der Waals surface area contributed by atoms with Gasteiger partial charge < -0.3 is 9.47 Å². The molecule has 0 fully saturated rings. The Morgan fingerprint density at radius 1 is 1.36 bits per heavy atom. The van der Waals surface area contributed by atoms with Gasteiger partial charge >= 0.3 is 5.97 Å². The second-order valence-corrected chi connectivity index (χ2v) is 2.59. The fraction of sp³-hybridized carbons (Fsp3) is 0.200. The zero-order valence-electron chi connectivity index (χ0n) is 7.82. The maximum atomic E-state index is 11.0. The van der Waals surface area contributed by atoms with Crippen LogP contribution < -0.4 is 0 Å². The van der Waals surface area contributed by atoms with E-state index < -0.39 is 11.9 Å². The molecule has 0 unspecified atom stereocenters. The lowest BCUT2D eigenvalue weighted by Gasteiger charge is -2.04. The molecule has 0 bridgehead atoms. The molecule has 0 saturated carbocycles. The summed E-state index contributed by atoms with van der Waals surface area (Å²) in [6.07, 6.45) is 0. The van der Waals surface area contributed by atoms with Crippen molar-refractivity contribution in [1.82, 2.24) is 0 Å². The SMILES string of the molecule is COC(=N)C(=O)OCc1ccccc1. The smallest absolute Gasteiger partial charge is 0.393 e. The van der Waals surface area contributed by atoms with Crippen molar-refractivity contribution >= 4 is 11.9 Å². The van der Waals surface area contributed by atoms with Gasteiger partial charge in [0.05, 0.1) is 7.11 Å². The van der Waals surface area contributed by atoms with Crippen molar-refractivity contribution < 1.29 is 14.3 Å². The number of rotatable bonds is 2. The van der Waals surface area contributed by atoms with E-state index in [9.17, 15) is 4.79 Å². The van der Waals surface area contributed by atoms with Gasteiger partial charge in [-0.25, -0.2) is 4.79 Å². The van der Waals surface area contributed by atoms with Gasteiger partial charge in [-0.2, -0.15) is 0 Å². The van der Waals surface area contributed by atoms with E-state index >= 15 is 0 Å². The predicted molar refractivity (Wildman–Crippen MR) is 51.0 cm³/mol. The Morgan fingerprint density at radius 2 is 2.00 bits per heavy atom. The van der Waals surface area contributed by atoms with E-state index in [1.807, 2.05) is 30.3 Å². The molecule has 0 saturated heterocycles. The maximum Gasteiger partial charge on any atom is 0.393 e.